The monoisotopic (exact) mass is 332 g/mol. The maximum atomic E-state index is 5.81. The van der Waals surface area contributed by atoms with Gasteiger partial charge in [0.1, 0.15) is 0 Å². The maximum absolute atomic E-state index is 5.81. The third-order valence-electron chi connectivity index (χ3n) is 5.03. The highest BCUT2D eigenvalue weighted by molar-refractivity contribution is 6.29. The second-order valence-electron chi connectivity index (χ2n) is 6.63. The van der Waals surface area contributed by atoms with Crippen molar-refractivity contribution in [1.29, 1.82) is 0 Å². The Bertz CT molecular complexity index is 549. The van der Waals surface area contributed by atoms with Crippen LogP contribution in [0.15, 0.2) is 12.1 Å². The molecule has 0 spiro atoms. The van der Waals surface area contributed by atoms with E-state index in [4.69, 9.17) is 11.6 Å². The van der Waals surface area contributed by atoms with Gasteiger partial charge in [0, 0.05) is 19.0 Å². The molecule has 0 bridgehead atoms. The molecular weight excluding hydrogens is 308 g/mol. The van der Waals surface area contributed by atoms with Crippen molar-refractivity contribution in [2.75, 3.05) is 31.6 Å². The van der Waals surface area contributed by atoms with E-state index in [1.54, 1.807) is 6.07 Å². The van der Waals surface area contributed by atoms with Crippen molar-refractivity contribution < 1.29 is 0 Å². The number of anilines is 1. The summed E-state index contributed by atoms with van der Waals surface area (Å²) in [7, 11) is 2.10. The molecule has 5 heteroatoms. The lowest BCUT2D eigenvalue weighted by molar-refractivity contribution is 0.369. The van der Waals surface area contributed by atoms with Crippen molar-refractivity contribution in [1.82, 2.24) is 15.1 Å². The largest absolute Gasteiger partial charge is 0.355 e. The normalized spacial score (nSPS) is 25.0. The van der Waals surface area contributed by atoms with Crippen LogP contribution in [0.1, 0.15) is 38.5 Å². The van der Waals surface area contributed by atoms with Crippen molar-refractivity contribution in [2.24, 2.45) is 5.92 Å². The Hall–Kier alpha value is -1.31. The lowest BCUT2D eigenvalue weighted by Crippen LogP contribution is -2.35. The molecule has 0 unspecified atom stereocenters. The van der Waals surface area contributed by atoms with Gasteiger partial charge in [0.2, 0.25) is 0 Å². The van der Waals surface area contributed by atoms with Gasteiger partial charge < -0.3 is 4.90 Å². The Kier molecular flexibility index (Phi) is 5.75. The average molecular weight is 333 g/mol. The molecule has 2 aliphatic rings. The first-order valence-electron chi connectivity index (χ1n) is 8.65. The van der Waals surface area contributed by atoms with Crippen molar-refractivity contribution in [3.8, 4) is 11.8 Å². The standard InChI is InChI=1S/C18H25ClN4/c1-22(18-11-10-17(19)20-21-18)16-8-6-15(7-9-16)5-4-14-23-12-2-3-13-23/h10-11,15-16H,2-3,6-9,12-14H2,1H3/t15-,16-. The molecule has 1 aromatic heterocycles. The van der Waals surface area contributed by atoms with Gasteiger partial charge in [-0.15, -0.1) is 10.2 Å². The molecule has 3 rings (SSSR count). The highest BCUT2D eigenvalue weighted by Crippen LogP contribution is 2.28. The summed E-state index contributed by atoms with van der Waals surface area (Å²) >= 11 is 5.81. The van der Waals surface area contributed by atoms with Gasteiger partial charge in [-0.2, -0.15) is 0 Å². The van der Waals surface area contributed by atoms with Crippen molar-refractivity contribution >= 4 is 17.4 Å². The smallest absolute Gasteiger partial charge is 0.151 e. The van der Waals surface area contributed by atoms with Gasteiger partial charge in [0.25, 0.3) is 0 Å². The summed E-state index contributed by atoms with van der Waals surface area (Å²) in [4.78, 5) is 4.70. The van der Waals surface area contributed by atoms with Crippen LogP contribution in [0.3, 0.4) is 0 Å². The predicted octanol–water partition coefficient (Wildman–Crippen LogP) is 3.22. The van der Waals surface area contributed by atoms with Gasteiger partial charge in [-0.1, -0.05) is 23.4 Å². The quantitative estimate of drug-likeness (QED) is 0.795. The summed E-state index contributed by atoms with van der Waals surface area (Å²) in [5, 5.41) is 8.56. The summed E-state index contributed by atoms with van der Waals surface area (Å²) in [5.41, 5.74) is 0. The number of aromatic nitrogens is 2. The first-order chi connectivity index (χ1) is 11.2. The van der Waals surface area contributed by atoms with Crippen LogP contribution in [-0.4, -0.2) is 47.8 Å². The zero-order chi connectivity index (χ0) is 16.1. The van der Waals surface area contributed by atoms with E-state index in [1.807, 2.05) is 6.07 Å². The van der Waals surface area contributed by atoms with Gasteiger partial charge in [-0.05, 0) is 63.7 Å². The third-order valence-corrected chi connectivity index (χ3v) is 5.23. The zero-order valence-electron chi connectivity index (χ0n) is 13.8. The molecule has 0 amide bonds. The minimum Gasteiger partial charge on any atom is -0.355 e. The topological polar surface area (TPSA) is 32.3 Å². The lowest BCUT2D eigenvalue weighted by Gasteiger charge is -2.33. The first-order valence-corrected chi connectivity index (χ1v) is 9.03. The zero-order valence-corrected chi connectivity index (χ0v) is 14.6. The molecule has 2 fully saturated rings. The summed E-state index contributed by atoms with van der Waals surface area (Å²) in [6.45, 7) is 3.42. The van der Waals surface area contributed by atoms with Crippen LogP contribution in [0, 0.1) is 17.8 Å². The minimum absolute atomic E-state index is 0.444. The average Bonchev–Trinajstić information content (AvgIpc) is 3.09. The van der Waals surface area contributed by atoms with Crippen LogP contribution in [0.2, 0.25) is 5.15 Å². The van der Waals surface area contributed by atoms with E-state index in [2.05, 4.69) is 38.9 Å². The molecule has 1 aliphatic heterocycles. The molecule has 1 saturated heterocycles. The second-order valence-corrected chi connectivity index (χ2v) is 7.02. The predicted molar refractivity (Wildman–Crippen MR) is 94.6 cm³/mol. The summed E-state index contributed by atoms with van der Waals surface area (Å²) in [6.07, 6.45) is 7.39. The van der Waals surface area contributed by atoms with Crippen LogP contribution < -0.4 is 4.90 Å². The Morgan fingerprint density at radius 1 is 1.17 bits per heavy atom. The van der Waals surface area contributed by atoms with Gasteiger partial charge in [-0.3, -0.25) is 4.90 Å². The molecule has 0 radical (unpaired) electrons. The van der Waals surface area contributed by atoms with Crippen LogP contribution in [-0.2, 0) is 0 Å². The van der Waals surface area contributed by atoms with Crippen molar-refractivity contribution in [2.45, 2.75) is 44.6 Å². The van der Waals surface area contributed by atoms with E-state index in [-0.39, 0.29) is 0 Å². The number of nitrogens with zero attached hydrogens (tertiary/aromatic N) is 4. The minimum atomic E-state index is 0.444. The molecule has 1 aliphatic carbocycles. The molecule has 0 aromatic carbocycles. The van der Waals surface area contributed by atoms with E-state index >= 15 is 0 Å². The van der Waals surface area contributed by atoms with Gasteiger partial charge in [-0.25, -0.2) is 0 Å². The Morgan fingerprint density at radius 2 is 1.91 bits per heavy atom. The van der Waals surface area contributed by atoms with Gasteiger partial charge in [0.15, 0.2) is 11.0 Å². The number of halogens is 1. The Balaban J connectivity index is 1.46. The first kappa shape index (κ1) is 16.5. The van der Waals surface area contributed by atoms with E-state index in [9.17, 15) is 0 Å². The molecular formula is C18H25ClN4. The van der Waals surface area contributed by atoms with E-state index in [1.165, 1.54) is 51.6 Å². The summed E-state index contributed by atoms with van der Waals surface area (Å²) in [5.74, 6) is 8.37. The van der Waals surface area contributed by atoms with Crippen LogP contribution in [0.4, 0.5) is 5.82 Å². The van der Waals surface area contributed by atoms with Gasteiger partial charge in [0.05, 0.1) is 6.54 Å². The second kappa shape index (κ2) is 7.99. The molecule has 4 nitrogen and oxygen atoms in total. The number of likely N-dealkylation sites (tertiary alicyclic amines) is 1. The van der Waals surface area contributed by atoms with Crippen molar-refractivity contribution in [3.63, 3.8) is 0 Å². The molecule has 1 saturated carbocycles. The number of rotatable bonds is 3. The molecule has 0 N–H and O–H groups in total. The van der Waals surface area contributed by atoms with E-state index in [0.29, 0.717) is 17.1 Å². The Morgan fingerprint density at radius 3 is 2.57 bits per heavy atom. The lowest BCUT2D eigenvalue weighted by atomic mass is 9.86. The van der Waals surface area contributed by atoms with Crippen LogP contribution in [0.25, 0.3) is 0 Å². The third kappa shape index (κ3) is 4.59. The highest BCUT2D eigenvalue weighted by atomic mass is 35.5. The summed E-state index contributed by atoms with van der Waals surface area (Å²) < 4.78 is 0. The fourth-order valence-electron chi connectivity index (χ4n) is 3.53. The van der Waals surface area contributed by atoms with E-state index < -0.39 is 0 Å². The summed E-state index contributed by atoms with van der Waals surface area (Å²) in [6, 6.07) is 4.27. The number of hydrogen-bond donors (Lipinski definition) is 0. The Labute approximate surface area is 144 Å². The van der Waals surface area contributed by atoms with Gasteiger partial charge >= 0.3 is 0 Å². The fraction of sp³-hybridized carbons (Fsp3) is 0.667. The highest BCUT2D eigenvalue weighted by Gasteiger charge is 2.24. The van der Waals surface area contributed by atoms with E-state index in [0.717, 1.165) is 12.4 Å². The maximum Gasteiger partial charge on any atom is 0.151 e. The van der Waals surface area contributed by atoms with Crippen molar-refractivity contribution in [3.05, 3.63) is 17.3 Å². The molecule has 0 atom stereocenters. The number of hydrogen-bond acceptors (Lipinski definition) is 4. The molecule has 1 aromatic rings. The fourth-order valence-corrected chi connectivity index (χ4v) is 3.63. The molecule has 23 heavy (non-hydrogen) atoms. The molecule has 2 heterocycles. The van der Waals surface area contributed by atoms with Crippen LogP contribution in [0.5, 0.6) is 0 Å². The SMILES string of the molecule is CN(c1ccc(Cl)nn1)[C@H]1CC[C@H](C#CCN2CCCC2)CC1. The van der Waals surface area contributed by atoms with Crippen LogP contribution >= 0.6 is 11.6 Å². The molecule has 124 valence electrons.